The van der Waals surface area contributed by atoms with Gasteiger partial charge >= 0.3 is 5.97 Å². The molecule has 0 atom stereocenters. The van der Waals surface area contributed by atoms with E-state index in [1.54, 1.807) is 24.3 Å². The smallest absolute Gasteiger partial charge is 0.309 e. The summed E-state index contributed by atoms with van der Waals surface area (Å²) >= 11 is 0. The molecule has 5 nitrogen and oxygen atoms in total. The molecule has 106 valence electrons. The molecule has 0 saturated heterocycles. The van der Waals surface area contributed by atoms with Gasteiger partial charge in [0.05, 0.1) is 19.6 Å². The van der Waals surface area contributed by atoms with Crippen molar-refractivity contribution in [2.45, 2.75) is 25.7 Å². The zero-order valence-electron chi connectivity index (χ0n) is 11.0. The van der Waals surface area contributed by atoms with Crippen LogP contribution in [0.25, 0.3) is 0 Å². The molecule has 0 fully saturated rings. The Morgan fingerprint density at radius 2 is 2.05 bits per heavy atom. The lowest BCUT2D eigenvalue weighted by atomic mass is 10.2. The number of aliphatic hydroxyl groups is 1. The molecule has 0 unspecified atom stereocenters. The molecule has 1 rings (SSSR count). The highest BCUT2D eigenvalue weighted by molar-refractivity contribution is 5.69. The van der Waals surface area contributed by atoms with Crippen LogP contribution in [0.1, 0.15) is 25.7 Å². The van der Waals surface area contributed by atoms with Gasteiger partial charge in [-0.2, -0.15) is 0 Å². The van der Waals surface area contributed by atoms with Crippen LogP contribution in [0, 0.1) is 0 Å². The van der Waals surface area contributed by atoms with E-state index in [-0.39, 0.29) is 25.6 Å². The molecule has 0 heterocycles. The van der Waals surface area contributed by atoms with E-state index in [4.69, 9.17) is 20.3 Å². The number of ether oxygens (including phenoxy) is 2. The van der Waals surface area contributed by atoms with Crippen molar-refractivity contribution in [1.29, 1.82) is 0 Å². The summed E-state index contributed by atoms with van der Waals surface area (Å²) in [6.07, 6.45) is 2.61. The highest BCUT2D eigenvalue weighted by Crippen LogP contribution is 2.14. The van der Waals surface area contributed by atoms with Gasteiger partial charge in [-0.1, -0.05) is 6.07 Å². The number of carbonyl (C=O) groups is 1. The SMILES string of the molecule is Nc1cccc(OCCC(=O)OCCCCCO)c1. The number of rotatable bonds is 9. The predicted molar refractivity (Wildman–Crippen MR) is 72.9 cm³/mol. The number of benzene rings is 1. The van der Waals surface area contributed by atoms with Crippen LogP contribution in [-0.2, 0) is 9.53 Å². The average Bonchev–Trinajstić information content (AvgIpc) is 2.38. The average molecular weight is 267 g/mol. The molecule has 0 radical (unpaired) electrons. The lowest BCUT2D eigenvalue weighted by Crippen LogP contribution is -2.10. The van der Waals surface area contributed by atoms with Crippen molar-refractivity contribution in [2.75, 3.05) is 25.6 Å². The van der Waals surface area contributed by atoms with Crippen molar-refractivity contribution in [3.8, 4) is 5.75 Å². The van der Waals surface area contributed by atoms with Gasteiger partial charge in [-0.25, -0.2) is 0 Å². The zero-order chi connectivity index (χ0) is 13.9. The standard InChI is InChI=1S/C14H21NO4/c15-12-5-4-6-13(11-12)18-10-7-14(17)19-9-3-1-2-8-16/h4-6,11,16H,1-3,7-10,15H2. The molecule has 0 aromatic heterocycles. The Kier molecular flexibility index (Phi) is 7.43. The van der Waals surface area contributed by atoms with E-state index in [0.29, 0.717) is 18.0 Å². The Balaban J connectivity index is 2.07. The molecule has 0 aliphatic carbocycles. The van der Waals surface area contributed by atoms with E-state index in [0.717, 1.165) is 19.3 Å². The third-order valence-electron chi connectivity index (χ3n) is 2.50. The first-order valence-corrected chi connectivity index (χ1v) is 6.47. The third kappa shape index (κ3) is 7.31. The van der Waals surface area contributed by atoms with Gasteiger partial charge in [0, 0.05) is 18.4 Å². The van der Waals surface area contributed by atoms with Crippen molar-refractivity contribution in [3.05, 3.63) is 24.3 Å². The van der Waals surface area contributed by atoms with Crippen LogP contribution in [-0.4, -0.2) is 30.9 Å². The van der Waals surface area contributed by atoms with Crippen molar-refractivity contribution >= 4 is 11.7 Å². The second kappa shape index (κ2) is 9.22. The lowest BCUT2D eigenvalue weighted by molar-refractivity contribution is -0.144. The van der Waals surface area contributed by atoms with E-state index in [1.807, 2.05) is 0 Å². The summed E-state index contributed by atoms with van der Waals surface area (Å²) in [5.41, 5.74) is 6.24. The summed E-state index contributed by atoms with van der Waals surface area (Å²) < 4.78 is 10.4. The number of nitrogens with two attached hydrogens (primary N) is 1. The first-order valence-electron chi connectivity index (χ1n) is 6.47. The van der Waals surface area contributed by atoms with Gasteiger partial charge in [0.15, 0.2) is 0 Å². The summed E-state index contributed by atoms with van der Waals surface area (Å²) in [5.74, 6) is 0.378. The zero-order valence-corrected chi connectivity index (χ0v) is 11.0. The number of carbonyl (C=O) groups excluding carboxylic acids is 1. The molecule has 0 bridgehead atoms. The molecule has 1 aromatic rings. The van der Waals surface area contributed by atoms with Crippen molar-refractivity contribution in [2.24, 2.45) is 0 Å². The van der Waals surface area contributed by atoms with Crippen LogP contribution in [0.15, 0.2) is 24.3 Å². The number of hydrogen-bond acceptors (Lipinski definition) is 5. The van der Waals surface area contributed by atoms with Crippen LogP contribution >= 0.6 is 0 Å². The highest BCUT2D eigenvalue weighted by atomic mass is 16.5. The molecule has 0 aliphatic heterocycles. The van der Waals surface area contributed by atoms with Gasteiger partial charge in [-0.15, -0.1) is 0 Å². The molecular formula is C14H21NO4. The minimum Gasteiger partial charge on any atom is -0.493 e. The van der Waals surface area contributed by atoms with E-state index in [1.165, 1.54) is 0 Å². The summed E-state index contributed by atoms with van der Waals surface area (Å²) in [4.78, 5) is 11.4. The second-order valence-electron chi connectivity index (χ2n) is 4.18. The monoisotopic (exact) mass is 267 g/mol. The number of nitrogen functional groups attached to an aromatic ring is 1. The molecule has 5 heteroatoms. The molecule has 0 aliphatic rings. The van der Waals surface area contributed by atoms with Gasteiger partial charge in [0.25, 0.3) is 0 Å². The van der Waals surface area contributed by atoms with Gasteiger partial charge in [-0.05, 0) is 31.4 Å². The Labute approximate surface area is 113 Å². The number of aliphatic hydroxyl groups excluding tert-OH is 1. The third-order valence-corrected chi connectivity index (χ3v) is 2.50. The minimum atomic E-state index is -0.270. The Hall–Kier alpha value is -1.75. The van der Waals surface area contributed by atoms with Crippen molar-refractivity contribution < 1.29 is 19.4 Å². The second-order valence-corrected chi connectivity index (χ2v) is 4.18. The van der Waals surface area contributed by atoms with E-state index in [2.05, 4.69) is 0 Å². The Morgan fingerprint density at radius 3 is 2.79 bits per heavy atom. The molecule has 0 spiro atoms. The Bertz CT molecular complexity index is 381. The predicted octanol–water partition coefficient (Wildman–Crippen LogP) is 1.74. The highest BCUT2D eigenvalue weighted by Gasteiger charge is 2.03. The minimum absolute atomic E-state index is 0.183. The molecule has 1 aromatic carbocycles. The molecule has 3 N–H and O–H groups in total. The maximum atomic E-state index is 11.4. The number of esters is 1. The summed E-state index contributed by atoms with van der Waals surface area (Å²) in [6, 6.07) is 7.06. The van der Waals surface area contributed by atoms with E-state index in [9.17, 15) is 4.79 Å². The fourth-order valence-corrected chi connectivity index (χ4v) is 1.51. The maximum absolute atomic E-state index is 11.4. The normalized spacial score (nSPS) is 10.2. The quantitative estimate of drug-likeness (QED) is 0.404. The summed E-state index contributed by atoms with van der Waals surface area (Å²) in [5, 5.41) is 8.59. The van der Waals surface area contributed by atoms with Gasteiger partial charge in [0.2, 0.25) is 0 Å². The molecular weight excluding hydrogens is 246 g/mol. The summed E-state index contributed by atoms with van der Waals surface area (Å²) in [6.45, 7) is 0.859. The van der Waals surface area contributed by atoms with E-state index < -0.39 is 0 Å². The fourth-order valence-electron chi connectivity index (χ4n) is 1.51. The fraction of sp³-hybridized carbons (Fsp3) is 0.500. The van der Waals surface area contributed by atoms with Gasteiger partial charge in [-0.3, -0.25) is 4.79 Å². The number of anilines is 1. The number of hydrogen-bond donors (Lipinski definition) is 2. The van der Waals surface area contributed by atoms with Crippen molar-refractivity contribution in [1.82, 2.24) is 0 Å². The first-order chi connectivity index (χ1) is 9.22. The number of unbranched alkanes of at least 4 members (excludes halogenated alkanes) is 2. The maximum Gasteiger partial charge on any atom is 0.309 e. The van der Waals surface area contributed by atoms with Gasteiger partial charge in [0.1, 0.15) is 5.75 Å². The van der Waals surface area contributed by atoms with Crippen LogP contribution in [0.2, 0.25) is 0 Å². The molecule has 0 amide bonds. The van der Waals surface area contributed by atoms with E-state index >= 15 is 0 Å². The van der Waals surface area contributed by atoms with Crippen LogP contribution in [0.5, 0.6) is 5.75 Å². The van der Waals surface area contributed by atoms with Crippen molar-refractivity contribution in [3.63, 3.8) is 0 Å². The first kappa shape index (κ1) is 15.3. The molecule has 19 heavy (non-hydrogen) atoms. The topological polar surface area (TPSA) is 81.8 Å². The lowest BCUT2D eigenvalue weighted by Gasteiger charge is -2.07. The Morgan fingerprint density at radius 1 is 1.21 bits per heavy atom. The largest absolute Gasteiger partial charge is 0.493 e. The van der Waals surface area contributed by atoms with Gasteiger partial charge < -0.3 is 20.3 Å². The van der Waals surface area contributed by atoms with Crippen LogP contribution < -0.4 is 10.5 Å². The molecule has 0 saturated carbocycles. The van der Waals surface area contributed by atoms with Crippen LogP contribution in [0.4, 0.5) is 5.69 Å². The van der Waals surface area contributed by atoms with Crippen LogP contribution in [0.3, 0.4) is 0 Å². The summed E-state index contributed by atoms with van der Waals surface area (Å²) in [7, 11) is 0.